The number of carbonyl (C=O) groups excluding carboxylic acids is 1. The van der Waals surface area contributed by atoms with Gasteiger partial charge in [0.1, 0.15) is 11.3 Å². The summed E-state index contributed by atoms with van der Waals surface area (Å²) in [6.07, 6.45) is 4.91. The highest BCUT2D eigenvalue weighted by Gasteiger charge is 2.16. The van der Waals surface area contributed by atoms with Gasteiger partial charge in [0, 0.05) is 31.4 Å². The van der Waals surface area contributed by atoms with Crippen molar-refractivity contribution >= 4 is 33.8 Å². The minimum atomic E-state index is -0.137. The fourth-order valence-electron chi connectivity index (χ4n) is 4.22. The molecule has 0 saturated carbocycles. The summed E-state index contributed by atoms with van der Waals surface area (Å²) in [5.41, 5.74) is 11.3. The Labute approximate surface area is 200 Å². The van der Waals surface area contributed by atoms with E-state index in [4.69, 9.17) is 10.7 Å². The summed E-state index contributed by atoms with van der Waals surface area (Å²) in [7, 11) is 0. The highest BCUT2D eigenvalue weighted by molar-refractivity contribution is 6.06. The first-order valence-electron chi connectivity index (χ1n) is 12.2. The second-order valence-electron chi connectivity index (χ2n) is 8.80. The van der Waals surface area contributed by atoms with E-state index >= 15 is 0 Å². The average Bonchev–Trinajstić information content (AvgIpc) is 3.21. The van der Waals surface area contributed by atoms with Gasteiger partial charge in [-0.1, -0.05) is 61.4 Å². The molecule has 0 unspecified atom stereocenters. The number of aryl methyl sites for hydroxylation is 3. The molecule has 0 spiro atoms. The number of amides is 2. The number of carbonyl (C=O) groups is 1. The SMILES string of the molecule is CCCCc1nc2c(N)nc3ccccc3c2n1CCCCNC(=O)NCc1ccc(C)cc1. The molecule has 4 aromatic rings. The molecule has 7 nitrogen and oxygen atoms in total. The molecule has 0 saturated heterocycles. The number of nitrogens with two attached hydrogens (primary N) is 1. The molecule has 4 N–H and O–H groups in total. The fraction of sp³-hybridized carbons (Fsp3) is 0.370. The summed E-state index contributed by atoms with van der Waals surface area (Å²) in [5, 5.41) is 6.96. The summed E-state index contributed by atoms with van der Waals surface area (Å²) in [6, 6.07) is 16.1. The number of imidazole rings is 1. The second kappa shape index (κ2) is 11.0. The van der Waals surface area contributed by atoms with Gasteiger partial charge in [-0.3, -0.25) is 0 Å². The number of urea groups is 1. The molecule has 2 aromatic heterocycles. The minimum absolute atomic E-state index is 0.137. The number of pyridine rings is 1. The molecule has 0 bridgehead atoms. The van der Waals surface area contributed by atoms with Crippen LogP contribution in [0.2, 0.25) is 0 Å². The number of aromatic nitrogens is 3. The van der Waals surface area contributed by atoms with Crippen molar-refractivity contribution in [2.45, 2.75) is 59.0 Å². The molecule has 0 aliphatic carbocycles. The summed E-state index contributed by atoms with van der Waals surface area (Å²) >= 11 is 0. The van der Waals surface area contributed by atoms with Crippen LogP contribution in [0.5, 0.6) is 0 Å². The second-order valence-corrected chi connectivity index (χ2v) is 8.80. The van der Waals surface area contributed by atoms with Gasteiger partial charge in [-0.05, 0) is 37.8 Å². The maximum absolute atomic E-state index is 12.1. The van der Waals surface area contributed by atoms with Crippen LogP contribution in [0.3, 0.4) is 0 Å². The topological polar surface area (TPSA) is 97.9 Å². The Morgan fingerprint density at radius 1 is 1.00 bits per heavy atom. The number of para-hydroxylation sites is 1. The Hall–Kier alpha value is -3.61. The molecule has 0 aliphatic heterocycles. The lowest BCUT2D eigenvalue weighted by Crippen LogP contribution is -2.35. The monoisotopic (exact) mass is 458 g/mol. The van der Waals surface area contributed by atoms with Crippen LogP contribution >= 0.6 is 0 Å². The van der Waals surface area contributed by atoms with E-state index in [9.17, 15) is 4.79 Å². The van der Waals surface area contributed by atoms with E-state index in [1.807, 2.05) is 30.3 Å². The van der Waals surface area contributed by atoms with E-state index in [1.54, 1.807) is 0 Å². The largest absolute Gasteiger partial charge is 0.382 e. The van der Waals surface area contributed by atoms with Gasteiger partial charge in [0.2, 0.25) is 0 Å². The summed E-state index contributed by atoms with van der Waals surface area (Å²) in [6.45, 7) is 6.22. The maximum Gasteiger partial charge on any atom is 0.315 e. The third kappa shape index (κ3) is 5.47. The third-order valence-electron chi connectivity index (χ3n) is 6.11. The van der Waals surface area contributed by atoms with E-state index in [0.29, 0.717) is 18.9 Å². The van der Waals surface area contributed by atoms with Gasteiger partial charge in [-0.2, -0.15) is 0 Å². The molecule has 0 aliphatic rings. The standard InChI is InChI=1S/C27H34N6O/c1-3-4-11-23-32-24-25(21-9-5-6-10-22(21)31-26(24)28)33(23)17-8-7-16-29-27(34)30-18-20-14-12-19(2)13-15-20/h5-6,9-10,12-15H,3-4,7-8,11,16-18H2,1-2H3,(H2,28,31)(H2,29,30,34). The number of rotatable bonds is 10. The number of nitrogens with zero attached hydrogens (tertiary/aromatic N) is 3. The first-order valence-corrected chi connectivity index (χ1v) is 12.2. The van der Waals surface area contributed by atoms with Crippen molar-refractivity contribution in [1.29, 1.82) is 0 Å². The van der Waals surface area contributed by atoms with E-state index in [1.165, 1.54) is 5.56 Å². The predicted octanol–water partition coefficient (Wildman–Crippen LogP) is 5.10. The van der Waals surface area contributed by atoms with Crippen LogP contribution in [0.1, 0.15) is 49.6 Å². The molecule has 178 valence electrons. The Morgan fingerprint density at radius 2 is 1.79 bits per heavy atom. The summed E-state index contributed by atoms with van der Waals surface area (Å²) in [4.78, 5) is 21.6. The number of nitrogen functional groups attached to an aromatic ring is 1. The Morgan fingerprint density at radius 3 is 2.59 bits per heavy atom. The number of nitrogens with one attached hydrogen (secondary N) is 2. The zero-order chi connectivity index (χ0) is 23.9. The van der Waals surface area contributed by atoms with Gasteiger partial charge in [0.25, 0.3) is 0 Å². The first-order chi connectivity index (χ1) is 16.6. The lowest BCUT2D eigenvalue weighted by atomic mass is 10.1. The summed E-state index contributed by atoms with van der Waals surface area (Å²) in [5.74, 6) is 1.54. The van der Waals surface area contributed by atoms with Crippen LogP contribution in [0.15, 0.2) is 48.5 Å². The quantitative estimate of drug-likeness (QED) is 0.288. The lowest BCUT2D eigenvalue weighted by molar-refractivity contribution is 0.240. The van der Waals surface area contributed by atoms with Crippen LogP contribution in [-0.2, 0) is 19.5 Å². The van der Waals surface area contributed by atoms with Crippen molar-refractivity contribution in [3.63, 3.8) is 0 Å². The maximum atomic E-state index is 12.1. The molecule has 4 rings (SSSR count). The van der Waals surface area contributed by atoms with Crippen molar-refractivity contribution in [3.05, 3.63) is 65.5 Å². The summed E-state index contributed by atoms with van der Waals surface area (Å²) < 4.78 is 2.31. The zero-order valence-corrected chi connectivity index (χ0v) is 20.1. The molecule has 2 heterocycles. The number of hydrogen-bond acceptors (Lipinski definition) is 4. The predicted molar refractivity (Wildman–Crippen MR) is 139 cm³/mol. The molecule has 0 fully saturated rings. The van der Waals surface area contributed by atoms with Crippen molar-refractivity contribution in [1.82, 2.24) is 25.2 Å². The molecule has 0 atom stereocenters. The molecule has 2 amide bonds. The molecule has 2 aromatic carbocycles. The van der Waals surface area contributed by atoms with Crippen molar-refractivity contribution in [3.8, 4) is 0 Å². The Bertz CT molecular complexity index is 1260. The number of anilines is 1. The first kappa shape index (κ1) is 23.5. The van der Waals surface area contributed by atoms with Crippen LogP contribution < -0.4 is 16.4 Å². The van der Waals surface area contributed by atoms with Gasteiger partial charge >= 0.3 is 6.03 Å². The van der Waals surface area contributed by atoms with E-state index in [2.05, 4.69) is 52.2 Å². The number of hydrogen-bond donors (Lipinski definition) is 3. The van der Waals surface area contributed by atoms with E-state index in [0.717, 1.165) is 72.0 Å². The zero-order valence-electron chi connectivity index (χ0n) is 20.1. The lowest BCUT2D eigenvalue weighted by Gasteiger charge is -2.12. The van der Waals surface area contributed by atoms with Crippen LogP contribution in [0.4, 0.5) is 10.6 Å². The van der Waals surface area contributed by atoms with E-state index < -0.39 is 0 Å². The molecule has 7 heteroatoms. The molecular formula is C27H34N6O. The van der Waals surface area contributed by atoms with Gasteiger partial charge in [0.05, 0.1) is 11.0 Å². The highest BCUT2D eigenvalue weighted by atomic mass is 16.2. The van der Waals surface area contributed by atoms with Crippen molar-refractivity contribution in [2.24, 2.45) is 0 Å². The van der Waals surface area contributed by atoms with Gasteiger partial charge in [0.15, 0.2) is 5.82 Å². The van der Waals surface area contributed by atoms with E-state index in [-0.39, 0.29) is 6.03 Å². The van der Waals surface area contributed by atoms with Gasteiger partial charge < -0.3 is 20.9 Å². The van der Waals surface area contributed by atoms with Gasteiger partial charge in [-0.25, -0.2) is 14.8 Å². The highest BCUT2D eigenvalue weighted by Crippen LogP contribution is 2.29. The number of unbranched alkanes of at least 4 members (excludes halogenated alkanes) is 2. The van der Waals surface area contributed by atoms with Crippen LogP contribution in [0, 0.1) is 6.92 Å². The normalized spacial score (nSPS) is 11.2. The van der Waals surface area contributed by atoms with Gasteiger partial charge in [-0.15, -0.1) is 0 Å². The Balaban J connectivity index is 1.37. The van der Waals surface area contributed by atoms with Crippen molar-refractivity contribution in [2.75, 3.05) is 12.3 Å². The number of benzene rings is 2. The minimum Gasteiger partial charge on any atom is -0.382 e. The number of fused-ring (bicyclic) bond motifs is 3. The molecular weight excluding hydrogens is 424 g/mol. The van der Waals surface area contributed by atoms with Crippen LogP contribution in [-0.4, -0.2) is 27.1 Å². The fourth-order valence-corrected chi connectivity index (χ4v) is 4.22. The third-order valence-corrected chi connectivity index (χ3v) is 6.11. The van der Waals surface area contributed by atoms with Crippen molar-refractivity contribution < 1.29 is 4.79 Å². The Kier molecular flexibility index (Phi) is 7.62. The molecule has 0 radical (unpaired) electrons. The molecule has 34 heavy (non-hydrogen) atoms. The van der Waals surface area contributed by atoms with Crippen LogP contribution in [0.25, 0.3) is 21.9 Å². The average molecular weight is 459 g/mol. The smallest absolute Gasteiger partial charge is 0.315 e.